The average molecular weight is 268 g/mol. The maximum atomic E-state index is 11.8. The molecule has 1 aromatic heterocycles. The van der Waals surface area contributed by atoms with Crippen molar-refractivity contribution >= 4 is 29.0 Å². The van der Waals surface area contributed by atoms with Crippen molar-refractivity contribution in [1.29, 1.82) is 0 Å². The van der Waals surface area contributed by atoms with Gasteiger partial charge in [-0.1, -0.05) is 17.7 Å². The summed E-state index contributed by atoms with van der Waals surface area (Å²) in [7, 11) is 0. The summed E-state index contributed by atoms with van der Waals surface area (Å²) in [6.07, 6.45) is 1.95. The highest BCUT2D eigenvalue weighted by Crippen LogP contribution is 2.32. The smallest absolute Gasteiger partial charge is 0.290 e. The van der Waals surface area contributed by atoms with Crippen LogP contribution in [0.15, 0.2) is 24.8 Å². The van der Waals surface area contributed by atoms with Crippen molar-refractivity contribution in [1.82, 2.24) is 4.98 Å². The molecule has 2 rings (SSSR count). The number of hydrogen-bond donors (Lipinski definition) is 0. The lowest BCUT2D eigenvalue weighted by atomic mass is 10.1. The molecule has 0 bridgehead atoms. The minimum absolute atomic E-state index is 0.00171. The van der Waals surface area contributed by atoms with Crippen molar-refractivity contribution in [3.05, 3.63) is 40.1 Å². The van der Waals surface area contributed by atoms with Gasteiger partial charge in [0.1, 0.15) is 5.15 Å². The molecule has 0 spiro atoms. The summed E-state index contributed by atoms with van der Waals surface area (Å²) in [4.78, 5) is 27.3. The summed E-state index contributed by atoms with van der Waals surface area (Å²) >= 11 is 5.73. The van der Waals surface area contributed by atoms with Gasteiger partial charge in [0.15, 0.2) is 0 Å². The number of hydrogen-bond acceptors (Lipinski definition) is 4. The molecule has 18 heavy (non-hydrogen) atoms. The zero-order valence-corrected chi connectivity index (χ0v) is 10.1. The van der Waals surface area contributed by atoms with E-state index in [1.54, 1.807) is 6.08 Å². The Morgan fingerprint density at radius 3 is 2.89 bits per heavy atom. The molecule has 94 valence electrons. The van der Waals surface area contributed by atoms with Crippen molar-refractivity contribution < 1.29 is 9.72 Å². The highest BCUT2D eigenvalue weighted by Gasteiger charge is 2.34. The van der Waals surface area contributed by atoms with Crippen LogP contribution in [0.1, 0.15) is 6.42 Å². The van der Waals surface area contributed by atoms with E-state index < -0.39 is 4.92 Å². The van der Waals surface area contributed by atoms with E-state index in [1.165, 1.54) is 17.0 Å². The minimum Gasteiger partial charge on any atom is -0.290 e. The fraction of sp³-hybridized carbons (Fsp3) is 0.273. The van der Waals surface area contributed by atoms with Gasteiger partial charge in [-0.25, -0.2) is 4.98 Å². The van der Waals surface area contributed by atoms with Crippen LogP contribution in [0.4, 0.5) is 11.5 Å². The highest BCUT2D eigenvalue weighted by atomic mass is 35.5. The number of amides is 1. The number of rotatable bonds is 3. The SMILES string of the molecule is C=CC1CC(=O)N(c2nc(Cl)ccc2[N+](=O)[O-])C1. The van der Waals surface area contributed by atoms with Crippen LogP contribution in [0.3, 0.4) is 0 Å². The van der Waals surface area contributed by atoms with Gasteiger partial charge in [-0.05, 0) is 6.07 Å². The number of pyridine rings is 1. The van der Waals surface area contributed by atoms with Crippen LogP contribution in [0, 0.1) is 16.0 Å². The van der Waals surface area contributed by atoms with Crippen molar-refractivity contribution in [2.45, 2.75) is 6.42 Å². The molecule has 7 heteroatoms. The Hall–Kier alpha value is -1.95. The van der Waals surface area contributed by atoms with Crippen LogP contribution in [0.5, 0.6) is 0 Å². The Bertz CT molecular complexity index is 532. The van der Waals surface area contributed by atoms with E-state index in [-0.39, 0.29) is 34.9 Å². The second-order valence-corrected chi connectivity index (χ2v) is 4.33. The van der Waals surface area contributed by atoms with Crippen LogP contribution in [-0.2, 0) is 4.79 Å². The van der Waals surface area contributed by atoms with Crippen LogP contribution < -0.4 is 4.90 Å². The molecule has 1 atom stereocenters. The standard InChI is InChI=1S/C11H10ClN3O3/c1-2-7-5-10(16)14(6-7)11-8(15(17)18)3-4-9(12)13-11/h2-4,7H,1,5-6H2. The fourth-order valence-corrected chi connectivity index (χ4v) is 2.00. The second-order valence-electron chi connectivity index (χ2n) is 3.94. The molecule has 0 aliphatic carbocycles. The van der Waals surface area contributed by atoms with E-state index in [9.17, 15) is 14.9 Å². The molecule has 2 heterocycles. The first-order valence-corrected chi connectivity index (χ1v) is 5.64. The Morgan fingerprint density at radius 2 is 2.33 bits per heavy atom. The molecule has 0 saturated carbocycles. The quantitative estimate of drug-likeness (QED) is 0.364. The number of aromatic nitrogens is 1. The van der Waals surface area contributed by atoms with Gasteiger partial charge < -0.3 is 0 Å². The Labute approximate surface area is 108 Å². The van der Waals surface area contributed by atoms with Crippen molar-refractivity contribution in [2.24, 2.45) is 5.92 Å². The lowest BCUT2D eigenvalue weighted by molar-refractivity contribution is -0.384. The van der Waals surface area contributed by atoms with Crippen molar-refractivity contribution in [3.63, 3.8) is 0 Å². The van der Waals surface area contributed by atoms with Crippen LogP contribution in [0.2, 0.25) is 5.15 Å². The molecule has 1 amide bonds. The average Bonchev–Trinajstić information content (AvgIpc) is 2.70. The Morgan fingerprint density at radius 1 is 1.61 bits per heavy atom. The molecule has 6 nitrogen and oxygen atoms in total. The van der Waals surface area contributed by atoms with E-state index in [0.717, 1.165) is 0 Å². The first-order valence-electron chi connectivity index (χ1n) is 5.26. The lowest BCUT2D eigenvalue weighted by Gasteiger charge is -2.14. The number of anilines is 1. The molecule has 1 unspecified atom stereocenters. The Kier molecular flexibility index (Phi) is 3.29. The second kappa shape index (κ2) is 4.73. The van der Waals surface area contributed by atoms with Gasteiger partial charge in [-0.2, -0.15) is 0 Å². The molecule has 1 aliphatic heterocycles. The van der Waals surface area contributed by atoms with Gasteiger partial charge in [0.05, 0.1) is 4.92 Å². The molecule has 1 saturated heterocycles. The van der Waals surface area contributed by atoms with Gasteiger partial charge in [-0.3, -0.25) is 19.8 Å². The first kappa shape index (κ1) is 12.5. The van der Waals surface area contributed by atoms with Gasteiger partial charge in [-0.15, -0.1) is 6.58 Å². The molecule has 1 aromatic rings. The van der Waals surface area contributed by atoms with E-state index in [2.05, 4.69) is 11.6 Å². The van der Waals surface area contributed by atoms with Crippen LogP contribution in [0.25, 0.3) is 0 Å². The summed E-state index contributed by atoms with van der Waals surface area (Å²) in [6, 6.07) is 2.58. The fourth-order valence-electron chi connectivity index (χ4n) is 1.86. The van der Waals surface area contributed by atoms with Crippen LogP contribution in [-0.4, -0.2) is 22.4 Å². The molecule has 0 N–H and O–H groups in total. The predicted octanol–water partition coefficient (Wildman–Crippen LogP) is 2.18. The molecule has 0 radical (unpaired) electrons. The topological polar surface area (TPSA) is 76.3 Å². The van der Waals surface area contributed by atoms with E-state index >= 15 is 0 Å². The normalized spacial score (nSPS) is 19.1. The third kappa shape index (κ3) is 2.19. The maximum Gasteiger partial charge on any atom is 0.312 e. The molecular formula is C11H10ClN3O3. The maximum absolute atomic E-state index is 11.8. The van der Waals surface area contributed by atoms with Gasteiger partial charge >= 0.3 is 5.69 Å². The summed E-state index contributed by atoms with van der Waals surface area (Å²) in [5, 5.41) is 11.0. The lowest BCUT2D eigenvalue weighted by Crippen LogP contribution is -2.26. The Balaban J connectivity index is 2.44. The molecule has 1 aliphatic rings. The van der Waals surface area contributed by atoms with Gasteiger partial charge in [0, 0.05) is 24.9 Å². The number of carbonyl (C=O) groups excluding carboxylic acids is 1. The summed E-state index contributed by atoms with van der Waals surface area (Å²) in [5.41, 5.74) is -0.225. The van der Waals surface area contributed by atoms with Crippen molar-refractivity contribution in [3.8, 4) is 0 Å². The monoisotopic (exact) mass is 267 g/mol. The first-order chi connectivity index (χ1) is 8.52. The third-order valence-corrected chi connectivity index (χ3v) is 2.97. The number of nitrogens with zero attached hydrogens (tertiary/aromatic N) is 3. The van der Waals surface area contributed by atoms with Gasteiger partial charge in [0.25, 0.3) is 0 Å². The highest BCUT2D eigenvalue weighted by molar-refractivity contribution is 6.29. The third-order valence-electron chi connectivity index (χ3n) is 2.76. The van der Waals surface area contributed by atoms with Crippen molar-refractivity contribution in [2.75, 3.05) is 11.4 Å². The van der Waals surface area contributed by atoms with Crippen LogP contribution >= 0.6 is 11.6 Å². The molecule has 0 aromatic carbocycles. The molecular weight excluding hydrogens is 258 g/mol. The zero-order chi connectivity index (χ0) is 13.3. The number of nitro groups is 1. The zero-order valence-electron chi connectivity index (χ0n) is 9.38. The summed E-state index contributed by atoms with van der Waals surface area (Å²) in [6.45, 7) is 3.96. The summed E-state index contributed by atoms with van der Waals surface area (Å²) in [5.74, 6) is -0.225. The predicted molar refractivity (Wildman–Crippen MR) is 66.6 cm³/mol. The van der Waals surface area contributed by atoms with E-state index in [4.69, 9.17) is 11.6 Å². The number of carbonyl (C=O) groups is 1. The van der Waals surface area contributed by atoms with Gasteiger partial charge in [0.2, 0.25) is 11.7 Å². The summed E-state index contributed by atoms with van der Waals surface area (Å²) < 4.78 is 0. The van der Waals surface area contributed by atoms with E-state index in [0.29, 0.717) is 6.54 Å². The minimum atomic E-state index is -0.576. The number of halogens is 1. The molecule has 1 fully saturated rings. The van der Waals surface area contributed by atoms with E-state index in [1.807, 2.05) is 0 Å². The largest absolute Gasteiger partial charge is 0.312 e.